The fourth-order valence-corrected chi connectivity index (χ4v) is 4.01. The van der Waals surface area contributed by atoms with E-state index in [2.05, 4.69) is 18.8 Å². The maximum absolute atomic E-state index is 12.6. The highest BCUT2D eigenvalue weighted by Crippen LogP contribution is 2.34. The average molecular weight is 330 g/mol. The second kappa shape index (κ2) is 6.06. The Balaban J connectivity index is 1.79. The van der Waals surface area contributed by atoms with E-state index in [4.69, 9.17) is 0 Å². The van der Waals surface area contributed by atoms with E-state index in [0.717, 1.165) is 16.8 Å². The Morgan fingerprint density at radius 2 is 2.13 bits per heavy atom. The van der Waals surface area contributed by atoms with Gasteiger partial charge in [0.05, 0.1) is 12.2 Å². The number of carbonyl (C=O) groups is 1. The highest BCUT2D eigenvalue weighted by atomic mass is 32.1. The van der Waals surface area contributed by atoms with Crippen molar-refractivity contribution in [2.75, 3.05) is 13.1 Å². The molecule has 1 N–H and O–H groups in total. The van der Waals surface area contributed by atoms with Crippen LogP contribution < -0.4 is 0 Å². The van der Waals surface area contributed by atoms with E-state index in [1.54, 1.807) is 4.90 Å². The topological polar surface area (TPSA) is 53.4 Å². The smallest absolute Gasteiger partial charge is 0.282 e. The molecule has 4 nitrogen and oxygen atoms in total. The number of rotatable bonds is 3. The highest BCUT2D eigenvalue weighted by molar-refractivity contribution is 7.11. The van der Waals surface area contributed by atoms with Crippen LogP contribution in [0.5, 0.6) is 0 Å². The Labute approximate surface area is 140 Å². The summed E-state index contributed by atoms with van der Waals surface area (Å²) in [6.45, 7) is 7.01. The van der Waals surface area contributed by atoms with Crippen molar-refractivity contribution in [2.45, 2.75) is 38.7 Å². The number of likely N-dealkylation sites (tertiary alicyclic amines) is 1. The number of hydrogen-bond donors (Lipinski definition) is 1. The minimum absolute atomic E-state index is 0.0774. The third-order valence-corrected chi connectivity index (χ3v) is 5.33. The molecule has 1 aromatic heterocycles. The Bertz CT molecular complexity index is 725. The molecule has 1 aliphatic rings. The van der Waals surface area contributed by atoms with Crippen LogP contribution in [0.15, 0.2) is 29.6 Å². The molecule has 1 amide bonds. The van der Waals surface area contributed by atoms with E-state index >= 15 is 0 Å². The minimum atomic E-state index is -0.959. The maximum Gasteiger partial charge on any atom is 0.282 e. The number of aromatic nitrogens is 1. The molecule has 0 spiro atoms. The van der Waals surface area contributed by atoms with Crippen LogP contribution in [-0.2, 0) is 5.60 Å². The molecular formula is C18H22N2O2S. The van der Waals surface area contributed by atoms with Crippen LogP contribution in [-0.4, -0.2) is 34.0 Å². The summed E-state index contributed by atoms with van der Waals surface area (Å²) in [4.78, 5) is 18.8. The predicted molar refractivity (Wildman–Crippen MR) is 91.8 cm³/mol. The van der Waals surface area contributed by atoms with Gasteiger partial charge in [0.1, 0.15) is 5.60 Å². The molecule has 1 atom stereocenters. The number of aliphatic hydroxyl groups is 1. The fraction of sp³-hybridized carbons (Fsp3) is 0.444. The summed E-state index contributed by atoms with van der Waals surface area (Å²) in [6, 6.07) is 7.83. The molecule has 1 aliphatic heterocycles. The van der Waals surface area contributed by atoms with Crippen molar-refractivity contribution in [1.29, 1.82) is 0 Å². The van der Waals surface area contributed by atoms with Crippen LogP contribution in [0.25, 0.3) is 0 Å². The van der Waals surface area contributed by atoms with Gasteiger partial charge in [0.2, 0.25) is 0 Å². The zero-order chi connectivity index (χ0) is 16.6. The van der Waals surface area contributed by atoms with Gasteiger partial charge in [0.15, 0.2) is 5.01 Å². The van der Waals surface area contributed by atoms with Gasteiger partial charge in [-0.15, -0.1) is 11.3 Å². The average Bonchev–Trinajstić information content (AvgIpc) is 3.15. The van der Waals surface area contributed by atoms with Crippen LogP contribution >= 0.6 is 11.3 Å². The summed E-state index contributed by atoms with van der Waals surface area (Å²) >= 11 is 1.39. The molecule has 0 bridgehead atoms. The molecule has 0 radical (unpaired) electrons. The van der Waals surface area contributed by atoms with Gasteiger partial charge in [-0.3, -0.25) is 4.79 Å². The van der Waals surface area contributed by atoms with E-state index in [9.17, 15) is 9.90 Å². The number of carbonyl (C=O) groups excluding carboxylic acids is 1. The second-order valence-corrected chi connectivity index (χ2v) is 7.41. The van der Waals surface area contributed by atoms with Gasteiger partial charge in [-0.05, 0) is 30.4 Å². The molecule has 2 heterocycles. The zero-order valence-electron chi connectivity index (χ0n) is 13.7. The Hall–Kier alpha value is -1.72. The number of amides is 1. The largest absolute Gasteiger partial charge is 0.383 e. The number of nitrogens with zero attached hydrogens (tertiary/aromatic N) is 2. The molecule has 1 aromatic carbocycles. The normalized spacial score (nSPS) is 21.2. The second-order valence-electron chi connectivity index (χ2n) is 6.56. The number of aryl methyl sites for hydroxylation is 1. The lowest BCUT2D eigenvalue weighted by Crippen LogP contribution is -2.34. The lowest BCUT2D eigenvalue weighted by atomic mass is 9.89. The Kier molecular flexibility index (Phi) is 4.25. The lowest BCUT2D eigenvalue weighted by molar-refractivity contribution is 0.0412. The van der Waals surface area contributed by atoms with Gasteiger partial charge >= 0.3 is 0 Å². The van der Waals surface area contributed by atoms with Crippen LogP contribution in [0, 0.1) is 6.92 Å². The van der Waals surface area contributed by atoms with Crippen LogP contribution in [0.2, 0.25) is 0 Å². The van der Waals surface area contributed by atoms with Crippen molar-refractivity contribution in [2.24, 2.45) is 0 Å². The Morgan fingerprint density at radius 3 is 2.78 bits per heavy atom. The molecule has 23 heavy (non-hydrogen) atoms. The summed E-state index contributed by atoms with van der Waals surface area (Å²) in [6.07, 6.45) is 0.562. The molecule has 3 rings (SSSR count). The minimum Gasteiger partial charge on any atom is -0.383 e. The number of hydrogen-bond acceptors (Lipinski definition) is 4. The number of benzene rings is 1. The fourth-order valence-electron chi connectivity index (χ4n) is 3.07. The van der Waals surface area contributed by atoms with Gasteiger partial charge in [0, 0.05) is 11.9 Å². The molecule has 5 heteroatoms. The van der Waals surface area contributed by atoms with Crippen molar-refractivity contribution in [1.82, 2.24) is 9.88 Å². The SMILES string of the molecule is Cc1ccccc1[C@@]1(O)CCN(C(=O)c2nc(C(C)C)cs2)C1. The van der Waals surface area contributed by atoms with Crippen LogP contribution in [0.4, 0.5) is 0 Å². The van der Waals surface area contributed by atoms with Crippen LogP contribution in [0.3, 0.4) is 0 Å². The van der Waals surface area contributed by atoms with Gasteiger partial charge in [0.25, 0.3) is 5.91 Å². The molecule has 122 valence electrons. The first kappa shape index (κ1) is 16.1. The molecule has 2 aromatic rings. The quantitative estimate of drug-likeness (QED) is 0.939. The summed E-state index contributed by atoms with van der Waals surface area (Å²) < 4.78 is 0. The van der Waals surface area contributed by atoms with Crippen LogP contribution in [0.1, 0.15) is 52.8 Å². The summed E-state index contributed by atoms with van der Waals surface area (Å²) in [5, 5.41) is 13.5. The number of β-amino-alcohol motifs (C(OH)–C–C–N with tert-alkyl or cyclic N) is 1. The standard InChI is InChI=1S/C18H22N2O2S/c1-12(2)15-10-23-16(19-15)17(21)20-9-8-18(22,11-20)14-7-5-4-6-13(14)3/h4-7,10,12,22H,8-9,11H2,1-3H3/t18-/m1/s1. The molecule has 1 fully saturated rings. The third-order valence-electron chi connectivity index (χ3n) is 4.48. The molecule has 1 saturated heterocycles. The molecular weight excluding hydrogens is 308 g/mol. The molecule has 0 saturated carbocycles. The first-order valence-electron chi connectivity index (χ1n) is 7.94. The first-order chi connectivity index (χ1) is 10.9. The zero-order valence-corrected chi connectivity index (χ0v) is 14.6. The van der Waals surface area contributed by atoms with E-state index < -0.39 is 5.60 Å². The highest BCUT2D eigenvalue weighted by Gasteiger charge is 2.41. The van der Waals surface area contributed by atoms with Crippen molar-refractivity contribution in [3.05, 3.63) is 51.5 Å². The van der Waals surface area contributed by atoms with Crippen molar-refractivity contribution < 1.29 is 9.90 Å². The number of thiazole rings is 1. The van der Waals surface area contributed by atoms with Gasteiger partial charge in [-0.25, -0.2) is 4.98 Å². The lowest BCUT2D eigenvalue weighted by Gasteiger charge is -2.25. The summed E-state index contributed by atoms with van der Waals surface area (Å²) in [7, 11) is 0. The van der Waals surface area contributed by atoms with Crippen molar-refractivity contribution in [3.63, 3.8) is 0 Å². The summed E-state index contributed by atoms with van der Waals surface area (Å²) in [5.41, 5.74) is 1.96. The monoisotopic (exact) mass is 330 g/mol. The first-order valence-corrected chi connectivity index (χ1v) is 8.82. The van der Waals surface area contributed by atoms with Gasteiger partial charge in [-0.1, -0.05) is 38.1 Å². The van der Waals surface area contributed by atoms with E-state index in [0.29, 0.717) is 30.4 Å². The molecule has 0 unspecified atom stereocenters. The Morgan fingerprint density at radius 1 is 1.39 bits per heavy atom. The molecule has 0 aliphatic carbocycles. The van der Waals surface area contributed by atoms with Crippen molar-refractivity contribution in [3.8, 4) is 0 Å². The van der Waals surface area contributed by atoms with Gasteiger partial charge < -0.3 is 10.0 Å². The maximum atomic E-state index is 12.6. The third kappa shape index (κ3) is 3.03. The summed E-state index contributed by atoms with van der Waals surface area (Å²) in [5.74, 6) is 0.238. The van der Waals surface area contributed by atoms with Crippen molar-refractivity contribution >= 4 is 17.2 Å². The van der Waals surface area contributed by atoms with E-state index in [-0.39, 0.29) is 5.91 Å². The van der Waals surface area contributed by atoms with E-state index in [1.807, 2.05) is 36.6 Å². The predicted octanol–water partition coefficient (Wildman–Crippen LogP) is 3.31. The van der Waals surface area contributed by atoms with Gasteiger partial charge in [-0.2, -0.15) is 0 Å². The van der Waals surface area contributed by atoms with E-state index in [1.165, 1.54) is 11.3 Å².